The third-order valence-corrected chi connectivity index (χ3v) is 5.72. The SMILES string of the molecule is Nc1c(N(Cc2ccccc2)C(=O)CCc2ccccc2F)c(=O)[nH]c(=O)n1Cc1ccccc1. The van der Waals surface area contributed by atoms with E-state index in [2.05, 4.69) is 4.98 Å². The Morgan fingerprint density at radius 2 is 1.49 bits per heavy atom. The predicted octanol–water partition coefficient (Wildman–Crippen LogP) is 3.47. The second-order valence-corrected chi connectivity index (χ2v) is 8.12. The number of carbonyl (C=O) groups excluding carboxylic acids is 1. The van der Waals surface area contributed by atoms with Gasteiger partial charge in [0.05, 0.1) is 13.1 Å². The zero-order valence-electron chi connectivity index (χ0n) is 19.0. The summed E-state index contributed by atoms with van der Waals surface area (Å²) in [6, 6.07) is 24.5. The summed E-state index contributed by atoms with van der Waals surface area (Å²) < 4.78 is 15.3. The smallest absolute Gasteiger partial charge is 0.330 e. The molecule has 8 heteroatoms. The normalized spacial score (nSPS) is 10.8. The summed E-state index contributed by atoms with van der Waals surface area (Å²) in [4.78, 5) is 42.5. The van der Waals surface area contributed by atoms with Crippen LogP contribution in [-0.2, 0) is 24.3 Å². The van der Waals surface area contributed by atoms with E-state index in [0.29, 0.717) is 5.56 Å². The lowest BCUT2D eigenvalue weighted by Crippen LogP contribution is -2.41. The average Bonchev–Trinajstić information content (AvgIpc) is 2.86. The molecule has 0 atom stereocenters. The summed E-state index contributed by atoms with van der Waals surface area (Å²) in [6.45, 7) is 0.186. The maximum absolute atomic E-state index is 14.1. The fourth-order valence-electron chi connectivity index (χ4n) is 3.90. The Bertz CT molecular complexity index is 1430. The highest BCUT2D eigenvalue weighted by atomic mass is 19.1. The van der Waals surface area contributed by atoms with Gasteiger partial charge in [0, 0.05) is 6.42 Å². The number of aromatic nitrogens is 2. The van der Waals surface area contributed by atoms with E-state index in [1.807, 2.05) is 60.7 Å². The molecule has 3 aromatic carbocycles. The largest absolute Gasteiger partial charge is 0.383 e. The Morgan fingerprint density at radius 1 is 0.886 bits per heavy atom. The quantitative estimate of drug-likeness (QED) is 0.410. The van der Waals surface area contributed by atoms with Crippen LogP contribution in [0.5, 0.6) is 0 Å². The molecule has 4 rings (SSSR count). The number of aromatic amines is 1. The van der Waals surface area contributed by atoms with Crippen molar-refractivity contribution < 1.29 is 9.18 Å². The predicted molar refractivity (Wildman–Crippen MR) is 134 cm³/mol. The van der Waals surface area contributed by atoms with E-state index < -0.39 is 23.0 Å². The Labute approximate surface area is 201 Å². The molecule has 0 aliphatic rings. The fourth-order valence-corrected chi connectivity index (χ4v) is 3.90. The van der Waals surface area contributed by atoms with E-state index in [1.165, 1.54) is 15.5 Å². The van der Waals surface area contributed by atoms with E-state index in [-0.39, 0.29) is 37.4 Å². The second kappa shape index (κ2) is 10.6. The van der Waals surface area contributed by atoms with Gasteiger partial charge in [-0.2, -0.15) is 0 Å². The second-order valence-electron chi connectivity index (χ2n) is 8.12. The van der Waals surface area contributed by atoms with Gasteiger partial charge in [0.25, 0.3) is 5.56 Å². The summed E-state index contributed by atoms with van der Waals surface area (Å²) in [5, 5.41) is 0. The summed E-state index contributed by atoms with van der Waals surface area (Å²) >= 11 is 0. The number of halogens is 1. The zero-order chi connectivity index (χ0) is 24.8. The number of amides is 1. The van der Waals surface area contributed by atoms with Crippen molar-refractivity contribution in [3.05, 3.63) is 128 Å². The van der Waals surface area contributed by atoms with Gasteiger partial charge >= 0.3 is 5.69 Å². The highest BCUT2D eigenvalue weighted by Crippen LogP contribution is 2.22. The molecular weight excluding hydrogens is 447 g/mol. The van der Waals surface area contributed by atoms with Gasteiger partial charge in [-0.15, -0.1) is 0 Å². The molecule has 1 aromatic heterocycles. The molecule has 0 radical (unpaired) electrons. The number of nitrogens with one attached hydrogen (secondary N) is 1. The molecule has 7 nitrogen and oxygen atoms in total. The molecule has 0 spiro atoms. The molecule has 35 heavy (non-hydrogen) atoms. The highest BCUT2D eigenvalue weighted by molar-refractivity contribution is 5.95. The Morgan fingerprint density at radius 3 is 2.14 bits per heavy atom. The van der Waals surface area contributed by atoms with E-state index in [4.69, 9.17) is 5.73 Å². The number of anilines is 2. The minimum atomic E-state index is -0.757. The van der Waals surface area contributed by atoms with Gasteiger partial charge in [0.15, 0.2) is 5.69 Å². The number of carbonyl (C=O) groups is 1. The summed E-state index contributed by atoms with van der Waals surface area (Å²) in [5.74, 6) is -0.930. The Kier molecular flexibility index (Phi) is 7.21. The van der Waals surface area contributed by atoms with Gasteiger partial charge in [-0.25, -0.2) is 9.18 Å². The molecule has 0 aliphatic heterocycles. The van der Waals surface area contributed by atoms with Crippen LogP contribution in [0.2, 0.25) is 0 Å². The molecule has 3 N–H and O–H groups in total. The molecule has 0 saturated carbocycles. The molecule has 0 unspecified atom stereocenters. The van der Waals surface area contributed by atoms with Gasteiger partial charge in [-0.1, -0.05) is 78.9 Å². The number of H-pyrrole nitrogens is 1. The molecule has 0 aliphatic carbocycles. The number of nitrogen functional groups attached to an aromatic ring is 1. The number of rotatable bonds is 8. The molecule has 0 saturated heterocycles. The van der Waals surface area contributed by atoms with Crippen molar-refractivity contribution in [1.82, 2.24) is 9.55 Å². The summed E-state index contributed by atoms with van der Waals surface area (Å²) in [7, 11) is 0. The van der Waals surface area contributed by atoms with Crippen LogP contribution in [0.25, 0.3) is 0 Å². The number of nitrogens with zero attached hydrogens (tertiary/aromatic N) is 2. The monoisotopic (exact) mass is 472 g/mol. The molecule has 0 bridgehead atoms. The summed E-state index contributed by atoms with van der Waals surface area (Å²) in [5.41, 5.74) is 6.79. The van der Waals surface area contributed by atoms with Gasteiger partial charge in [-0.05, 0) is 29.2 Å². The van der Waals surface area contributed by atoms with Gasteiger partial charge in [0.2, 0.25) is 5.91 Å². The van der Waals surface area contributed by atoms with Gasteiger partial charge in [0.1, 0.15) is 11.6 Å². The van der Waals surface area contributed by atoms with Crippen LogP contribution in [-0.4, -0.2) is 15.5 Å². The Balaban J connectivity index is 1.73. The van der Waals surface area contributed by atoms with Gasteiger partial charge < -0.3 is 10.6 Å². The maximum Gasteiger partial charge on any atom is 0.330 e. The van der Waals surface area contributed by atoms with Crippen LogP contribution in [0.15, 0.2) is 94.5 Å². The van der Waals surface area contributed by atoms with Crippen molar-refractivity contribution in [1.29, 1.82) is 0 Å². The first-order valence-electron chi connectivity index (χ1n) is 11.2. The molecule has 178 valence electrons. The molecule has 1 heterocycles. The van der Waals surface area contributed by atoms with Crippen LogP contribution in [0.4, 0.5) is 15.9 Å². The minimum Gasteiger partial charge on any atom is -0.383 e. The van der Waals surface area contributed by atoms with E-state index in [1.54, 1.807) is 18.2 Å². The first-order valence-corrected chi connectivity index (χ1v) is 11.2. The van der Waals surface area contributed by atoms with Crippen molar-refractivity contribution >= 4 is 17.4 Å². The Hall–Kier alpha value is -4.46. The van der Waals surface area contributed by atoms with Gasteiger partial charge in [-0.3, -0.25) is 19.1 Å². The molecule has 0 fully saturated rings. The van der Waals surface area contributed by atoms with Crippen LogP contribution in [0, 0.1) is 5.82 Å². The van der Waals surface area contributed by atoms with Crippen molar-refractivity contribution in [2.45, 2.75) is 25.9 Å². The van der Waals surface area contributed by atoms with Crippen LogP contribution < -0.4 is 21.9 Å². The number of aryl methyl sites for hydroxylation is 1. The minimum absolute atomic E-state index is 0.0511. The lowest BCUT2D eigenvalue weighted by Gasteiger charge is -2.25. The first-order chi connectivity index (χ1) is 16.9. The highest BCUT2D eigenvalue weighted by Gasteiger charge is 2.25. The molecule has 1 amide bonds. The zero-order valence-corrected chi connectivity index (χ0v) is 19.0. The first kappa shape index (κ1) is 23.7. The van der Waals surface area contributed by atoms with Crippen molar-refractivity contribution in [3.8, 4) is 0 Å². The lowest BCUT2D eigenvalue weighted by molar-refractivity contribution is -0.118. The topological polar surface area (TPSA) is 101 Å². The van der Waals surface area contributed by atoms with E-state index in [0.717, 1.165) is 11.1 Å². The maximum atomic E-state index is 14.1. The number of hydrogen-bond acceptors (Lipinski definition) is 4. The molecular formula is C27H25FN4O3. The van der Waals surface area contributed by atoms with Crippen molar-refractivity contribution in [2.75, 3.05) is 10.6 Å². The number of hydrogen-bond donors (Lipinski definition) is 2. The van der Waals surface area contributed by atoms with Crippen molar-refractivity contribution in [3.63, 3.8) is 0 Å². The number of benzene rings is 3. The third-order valence-electron chi connectivity index (χ3n) is 5.72. The fraction of sp³-hybridized carbons (Fsp3) is 0.148. The number of nitrogens with two attached hydrogens (primary N) is 1. The van der Waals surface area contributed by atoms with E-state index in [9.17, 15) is 18.8 Å². The lowest BCUT2D eigenvalue weighted by atomic mass is 10.1. The summed E-state index contributed by atoms with van der Waals surface area (Å²) in [6.07, 6.45) is 0.0999. The van der Waals surface area contributed by atoms with Crippen LogP contribution in [0.1, 0.15) is 23.1 Å². The third kappa shape index (κ3) is 5.55. The van der Waals surface area contributed by atoms with Crippen molar-refractivity contribution in [2.24, 2.45) is 0 Å². The van der Waals surface area contributed by atoms with Crippen LogP contribution in [0.3, 0.4) is 0 Å². The van der Waals surface area contributed by atoms with Crippen LogP contribution >= 0.6 is 0 Å². The standard InChI is InChI=1S/C27H25FN4O3/c28-22-14-8-7-13-21(22)15-16-23(33)31(17-19-9-3-1-4-10-19)24-25(29)32(27(35)30-26(24)34)18-20-11-5-2-6-12-20/h1-14H,15-18,29H2,(H,30,34,35). The average molecular weight is 473 g/mol. The molecule has 4 aromatic rings. The van der Waals surface area contributed by atoms with E-state index >= 15 is 0 Å².